The summed E-state index contributed by atoms with van der Waals surface area (Å²) in [6.07, 6.45) is 2.81. The highest BCUT2D eigenvalue weighted by atomic mass is 16.5. The van der Waals surface area contributed by atoms with Gasteiger partial charge in [0.15, 0.2) is 0 Å². The number of piperidine rings is 1. The monoisotopic (exact) mass is 494 g/mol. The number of likely N-dealkylation sites (tertiary alicyclic amines) is 1. The number of anilines is 3. The number of benzene rings is 1. The molecule has 3 N–H and O–H groups in total. The van der Waals surface area contributed by atoms with E-state index in [1.165, 1.54) is 11.9 Å². The minimum absolute atomic E-state index is 0.00725. The number of amides is 2. The largest absolute Gasteiger partial charge is 0.383 e. The SMILES string of the molecule is CCc1cc(NC(=O)C(=O)N2C[C@H](C)C(OC)C[C@H]2c2ccc(N3CCN(C)CC3)cc2)cnc1N. The first kappa shape index (κ1) is 25.9. The number of aryl methyl sites for hydroxylation is 1. The third-order valence-corrected chi connectivity index (χ3v) is 7.50. The first-order chi connectivity index (χ1) is 17.3. The van der Waals surface area contributed by atoms with Gasteiger partial charge in [0.05, 0.1) is 24.0 Å². The van der Waals surface area contributed by atoms with E-state index in [2.05, 4.69) is 58.3 Å². The average Bonchev–Trinajstić information content (AvgIpc) is 2.89. The van der Waals surface area contributed by atoms with Crippen LogP contribution in [0.2, 0.25) is 0 Å². The summed E-state index contributed by atoms with van der Waals surface area (Å²) in [5.41, 5.74) is 9.36. The molecule has 9 nitrogen and oxygen atoms in total. The van der Waals surface area contributed by atoms with E-state index in [9.17, 15) is 9.59 Å². The number of hydrogen-bond donors (Lipinski definition) is 2. The predicted molar refractivity (Wildman–Crippen MR) is 142 cm³/mol. The van der Waals surface area contributed by atoms with Gasteiger partial charge < -0.3 is 30.5 Å². The molecule has 194 valence electrons. The van der Waals surface area contributed by atoms with Crippen LogP contribution in [0.15, 0.2) is 36.5 Å². The molecule has 0 aliphatic carbocycles. The minimum Gasteiger partial charge on any atom is -0.383 e. The number of piperazine rings is 1. The molecule has 2 amide bonds. The van der Waals surface area contributed by atoms with Gasteiger partial charge in [0.1, 0.15) is 5.82 Å². The molecular formula is C27H38N6O3. The van der Waals surface area contributed by atoms with Crippen LogP contribution in [0.1, 0.15) is 37.4 Å². The summed E-state index contributed by atoms with van der Waals surface area (Å²) in [5, 5.41) is 2.72. The van der Waals surface area contributed by atoms with E-state index in [1.54, 1.807) is 18.1 Å². The molecule has 2 fully saturated rings. The van der Waals surface area contributed by atoms with Crippen molar-refractivity contribution in [2.45, 2.75) is 38.8 Å². The van der Waals surface area contributed by atoms with Crippen molar-refractivity contribution < 1.29 is 14.3 Å². The number of nitrogen functional groups attached to an aromatic ring is 1. The van der Waals surface area contributed by atoms with Crippen LogP contribution in [0.25, 0.3) is 0 Å². The van der Waals surface area contributed by atoms with Crippen LogP contribution in [-0.2, 0) is 20.7 Å². The maximum Gasteiger partial charge on any atom is 0.313 e. The van der Waals surface area contributed by atoms with Crippen molar-refractivity contribution in [3.63, 3.8) is 0 Å². The molecule has 36 heavy (non-hydrogen) atoms. The van der Waals surface area contributed by atoms with Gasteiger partial charge in [0, 0.05) is 51.4 Å². The zero-order chi connectivity index (χ0) is 25.8. The fourth-order valence-corrected chi connectivity index (χ4v) is 5.16. The number of hydrogen-bond acceptors (Lipinski definition) is 7. The molecule has 1 unspecified atom stereocenters. The second-order valence-electron chi connectivity index (χ2n) is 9.92. The molecule has 2 saturated heterocycles. The highest BCUT2D eigenvalue weighted by Gasteiger charge is 2.39. The normalized spacial score (nSPS) is 22.9. The van der Waals surface area contributed by atoms with Gasteiger partial charge in [-0.3, -0.25) is 9.59 Å². The summed E-state index contributed by atoms with van der Waals surface area (Å²) in [6, 6.07) is 9.92. The van der Waals surface area contributed by atoms with Gasteiger partial charge in [-0.05, 0) is 49.2 Å². The topological polar surface area (TPSA) is 104 Å². The molecule has 1 aromatic carbocycles. The highest BCUT2D eigenvalue weighted by molar-refractivity contribution is 6.39. The van der Waals surface area contributed by atoms with Crippen LogP contribution in [0.3, 0.4) is 0 Å². The van der Waals surface area contributed by atoms with Gasteiger partial charge >= 0.3 is 11.8 Å². The Kier molecular flexibility index (Phi) is 8.11. The van der Waals surface area contributed by atoms with E-state index >= 15 is 0 Å². The maximum atomic E-state index is 13.4. The first-order valence-electron chi connectivity index (χ1n) is 12.7. The summed E-state index contributed by atoms with van der Waals surface area (Å²) in [4.78, 5) is 37.0. The summed E-state index contributed by atoms with van der Waals surface area (Å²) < 4.78 is 5.73. The summed E-state index contributed by atoms with van der Waals surface area (Å²) in [6.45, 7) is 8.52. The maximum absolute atomic E-state index is 13.4. The van der Waals surface area contributed by atoms with E-state index in [0.29, 0.717) is 30.9 Å². The van der Waals surface area contributed by atoms with Gasteiger partial charge in [-0.15, -0.1) is 0 Å². The van der Waals surface area contributed by atoms with E-state index in [0.717, 1.165) is 37.3 Å². The number of methoxy groups -OCH3 is 1. The highest BCUT2D eigenvalue weighted by Crippen LogP contribution is 2.36. The number of pyridine rings is 1. The molecule has 9 heteroatoms. The number of likely N-dealkylation sites (N-methyl/N-ethyl adjacent to an activating group) is 1. The van der Waals surface area contributed by atoms with Crippen LogP contribution in [-0.4, -0.2) is 79.6 Å². The third kappa shape index (κ3) is 5.63. The van der Waals surface area contributed by atoms with Crippen molar-refractivity contribution in [2.24, 2.45) is 5.92 Å². The van der Waals surface area contributed by atoms with Crippen LogP contribution in [0, 0.1) is 5.92 Å². The Balaban J connectivity index is 1.52. The van der Waals surface area contributed by atoms with Crippen LogP contribution < -0.4 is 16.0 Å². The Hall–Kier alpha value is -3.17. The lowest BCUT2D eigenvalue weighted by Crippen LogP contribution is -2.50. The number of carbonyl (C=O) groups is 2. The molecule has 3 heterocycles. The molecule has 2 aliphatic heterocycles. The Labute approximate surface area is 213 Å². The van der Waals surface area contributed by atoms with E-state index < -0.39 is 11.8 Å². The van der Waals surface area contributed by atoms with Gasteiger partial charge in [-0.1, -0.05) is 26.0 Å². The number of aromatic nitrogens is 1. The molecule has 0 radical (unpaired) electrons. The molecule has 4 rings (SSSR count). The third-order valence-electron chi connectivity index (χ3n) is 7.50. The second kappa shape index (κ2) is 11.3. The number of nitrogens with two attached hydrogens (primary N) is 1. The fraction of sp³-hybridized carbons (Fsp3) is 0.519. The fourth-order valence-electron chi connectivity index (χ4n) is 5.16. The Morgan fingerprint density at radius 3 is 2.50 bits per heavy atom. The summed E-state index contributed by atoms with van der Waals surface area (Å²) >= 11 is 0. The lowest BCUT2D eigenvalue weighted by molar-refractivity contribution is -0.149. The Morgan fingerprint density at radius 2 is 1.86 bits per heavy atom. The van der Waals surface area contributed by atoms with Gasteiger partial charge in [0.25, 0.3) is 0 Å². The van der Waals surface area contributed by atoms with Crippen LogP contribution in [0.4, 0.5) is 17.2 Å². The molecule has 3 atom stereocenters. The molecule has 0 spiro atoms. The Morgan fingerprint density at radius 1 is 1.17 bits per heavy atom. The smallest absolute Gasteiger partial charge is 0.313 e. The average molecular weight is 495 g/mol. The molecule has 2 aliphatic rings. The number of ether oxygens (including phenoxy) is 1. The van der Waals surface area contributed by atoms with Crippen LogP contribution in [0.5, 0.6) is 0 Å². The van der Waals surface area contributed by atoms with Crippen molar-refractivity contribution in [3.05, 3.63) is 47.7 Å². The van der Waals surface area contributed by atoms with Crippen LogP contribution >= 0.6 is 0 Å². The van der Waals surface area contributed by atoms with Gasteiger partial charge in [-0.2, -0.15) is 0 Å². The quantitative estimate of drug-likeness (QED) is 0.616. The zero-order valence-corrected chi connectivity index (χ0v) is 21.7. The lowest BCUT2D eigenvalue weighted by Gasteiger charge is -2.42. The number of rotatable bonds is 5. The van der Waals surface area contributed by atoms with Crippen molar-refractivity contribution in [3.8, 4) is 0 Å². The van der Waals surface area contributed by atoms with E-state index in [-0.39, 0.29) is 18.1 Å². The molecule has 0 bridgehead atoms. The van der Waals surface area contributed by atoms with Crippen molar-refractivity contribution in [2.75, 3.05) is 62.8 Å². The lowest BCUT2D eigenvalue weighted by atomic mass is 9.87. The zero-order valence-electron chi connectivity index (χ0n) is 21.7. The standard InChI is InChI=1S/C27H38N6O3/c1-5-19-14-21(16-29-25(19)28)30-26(34)27(35)33-17-18(2)24(36-4)15-23(33)20-6-8-22(9-7-20)32-12-10-31(3)11-13-32/h6-9,14,16,18,23-24H,5,10-13,15,17H2,1-4H3,(H2,28,29)(H,30,34)/t18-,23-,24?/m0/s1. The van der Waals surface area contributed by atoms with E-state index in [4.69, 9.17) is 10.5 Å². The number of nitrogens with one attached hydrogen (secondary N) is 1. The van der Waals surface area contributed by atoms with Crippen molar-refractivity contribution in [1.82, 2.24) is 14.8 Å². The summed E-state index contributed by atoms with van der Waals surface area (Å²) in [7, 11) is 3.85. The van der Waals surface area contributed by atoms with Crippen molar-refractivity contribution in [1.29, 1.82) is 0 Å². The molecule has 0 saturated carbocycles. The number of nitrogens with zero attached hydrogens (tertiary/aromatic N) is 4. The van der Waals surface area contributed by atoms with Gasteiger partial charge in [0.2, 0.25) is 0 Å². The van der Waals surface area contributed by atoms with Crippen molar-refractivity contribution >= 4 is 29.0 Å². The molecule has 1 aromatic heterocycles. The van der Waals surface area contributed by atoms with Gasteiger partial charge in [-0.25, -0.2) is 4.98 Å². The summed E-state index contributed by atoms with van der Waals surface area (Å²) in [5.74, 6) is -0.694. The second-order valence-corrected chi connectivity index (χ2v) is 9.92. The first-order valence-corrected chi connectivity index (χ1v) is 12.7. The molecule has 2 aromatic rings. The minimum atomic E-state index is -0.675. The molecular weight excluding hydrogens is 456 g/mol. The number of carbonyl (C=O) groups excluding carboxylic acids is 2. The predicted octanol–water partition coefficient (Wildman–Crippen LogP) is 2.54. The van der Waals surface area contributed by atoms with E-state index in [1.807, 2.05) is 6.92 Å². The Bertz CT molecular complexity index is 1070.